The van der Waals surface area contributed by atoms with Gasteiger partial charge in [-0.25, -0.2) is 9.59 Å². The highest BCUT2D eigenvalue weighted by Crippen LogP contribution is 2.22. The van der Waals surface area contributed by atoms with E-state index in [9.17, 15) is 36.2 Å². The molecule has 2 aromatic rings. The minimum Gasteiger partial charge on any atom is -0.475 e. The summed E-state index contributed by atoms with van der Waals surface area (Å²) in [5.41, 5.74) is 1.79. The van der Waals surface area contributed by atoms with Crippen molar-refractivity contribution in [3.8, 4) is 0 Å². The van der Waals surface area contributed by atoms with Gasteiger partial charge in [0.2, 0.25) is 5.91 Å². The Kier molecular flexibility index (Phi) is 11.2. The average Bonchev–Trinajstić information content (AvgIpc) is 3.15. The third-order valence-corrected chi connectivity index (χ3v) is 4.54. The van der Waals surface area contributed by atoms with Crippen LogP contribution in [0, 0.1) is 0 Å². The number of aliphatic hydroxyl groups is 1. The Labute approximate surface area is 200 Å². The molecule has 2 aromatic heterocycles. The molecular weight excluding hydrogens is 504 g/mol. The van der Waals surface area contributed by atoms with Crippen molar-refractivity contribution < 1.29 is 56.0 Å². The van der Waals surface area contributed by atoms with Gasteiger partial charge in [-0.3, -0.25) is 14.8 Å². The predicted octanol–water partition coefficient (Wildman–Crippen LogP) is 2.49. The number of aliphatic hydroxyl groups excluding tert-OH is 1. The second kappa shape index (κ2) is 13.4. The molecule has 1 saturated heterocycles. The van der Waals surface area contributed by atoms with E-state index in [2.05, 4.69) is 9.97 Å². The molecule has 1 aliphatic heterocycles. The largest absolute Gasteiger partial charge is 0.490 e. The van der Waals surface area contributed by atoms with Gasteiger partial charge in [0.1, 0.15) is 0 Å². The van der Waals surface area contributed by atoms with E-state index >= 15 is 0 Å². The Morgan fingerprint density at radius 3 is 1.97 bits per heavy atom. The molecule has 0 saturated carbocycles. The summed E-state index contributed by atoms with van der Waals surface area (Å²) in [4.78, 5) is 40.4. The first kappa shape index (κ1) is 30.3. The van der Waals surface area contributed by atoms with Crippen molar-refractivity contribution in [2.45, 2.75) is 43.8 Å². The van der Waals surface area contributed by atoms with Gasteiger partial charge in [0.15, 0.2) is 0 Å². The molecule has 198 valence electrons. The minimum absolute atomic E-state index is 0.0177. The molecule has 1 aliphatic rings. The maximum Gasteiger partial charge on any atom is 0.490 e. The van der Waals surface area contributed by atoms with Gasteiger partial charge in [-0.1, -0.05) is 12.1 Å². The van der Waals surface area contributed by atoms with Crippen molar-refractivity contribution in [2.24, 2.45) is 0 Å². The van der Waals surface area contributed by atoms with Gasteiger partial charge in [0, 0.05) is 30.8 Å². The molecule has 0 aromatic carbocycles. The summed E-state index contributed by atoms with van der Waals surface area (Å²) in [6, 6.07) is 9.22. The van der Waals surface area contributed by atoms with Crippen LogP contribution in [-0.2, 0) is 27.2 Å². The normalized spacial score (nSPS) is 17.2. The Hall–Kier alpha value is -3.75. The van der Waals surface area contributed by atoms with E-state index < -0.39 is 30.4 Å². The highest BCUT2D eigenvalue weighted by molar-refractivity contribution is 5.79. The summed E-state index contributed by atoms with van der Waals surface area (Å²) in [6.45, 7) is 0.595. The minimum atomic E-state index is -5.08. The highest BCUT2D eigenvalue weighted by atomic mass is 19.4. The number of hydrogen-bond donors (Lipinski definition) is 3. The summed E-state index contributed by atoms with van der Waals surface area (Å²) in [6.07, 6.45) is -3.92. The number of amides is 1. The van der Waals surface area contributed by atoms with Crippen LogP contribution in [-0.4, -0.2) is 79.1 Å². The summed E-state index contributed by atoms with van der Waals surface area (Å²) in [5.74, 6) is -5.50. The van der Waals surface area contributed by atoms with Gasteiger partial charge in [0.25, 0.3) is 0 Å². The molecule has 3 rings (SSSR count). The predicted molar refractivity (Wildman–Crippen MR) is 109 cm³/mol. The first-order valence-electron chi connectivity index (χ1n) is 9.99. The van der Waals surface area contributed by atoms with E-state index in [-0.39, 0.29) is 18.4 Å². The van der Waals surface area contributed by atoms with Crippen molar-refractivity contribution in [1.29, 1.82) is 0 Å². The molecule has 2 atom stereocenters. The van der Waals surface area contributed by atoms with E-state index in [1.54, 1.807) is 23.5 Å². The van der Waals surface area contributed by atoms with Gasteiger partial charge in [-0.15, -0.1) is 0 Å². The number of halogens is 6. The lowest BCUT2D eigenvalue weighted by Gasteiger charge is -2.26. The van der Waals surface area contributed by atoms with E-state index in [1.807, 2.05) is 30.3 Å². The van der Waals surface area contributed by atoms with Crippen LogP contribution in [0.3, 0.4) is 0 Å². The zero-order valence-electron chi connectivity index (χ0n) is 18.3. The first-order chi connectivity index (χ1) is 16.6. The molecule has 0 aliphatic carbocycles. The standard InChI is InChI=1S/C17H19N3O2.2C2HF3O2/c21-16-6-9-20(15(16)10-13-4-3-7-18-12-13)17(22)11-14-5-1-2-8-19-14;2*3-2(4,5)1(6)7/h1-5,7-8,12,15-16,21H,6,9-11H2;2*(H,6,7)/t15-,16-;;/m0../s1. The van der Waals surface area contributed by atoms with E-state index in [0.29, 0.717) is 19.4 Å². The van der Waals surface area contributed by atoms with Crippen LogP contribution in [0.4, 0.5) is 26.3 Å². The Bertz CT molecular complexity index is 965. The number of carboxylic acids is 2. The third-order valence-electron chi connectivity index (χ3n) is 4.54. The summed E-state index contributed by atoms with van der Waals surface area (Å²) in [5, 5.41) is 24.5. The molecule has 3 heterocycles. The van der Waals surface area contributed by atoms with Crippen LogP contribution in [0.5, 0.6) is 0 Å². The Balaban J connectivity index is 0.000000383. The number of carbonyl (C=O) groups is 3. The lowest BCUT2D eigenvalue weighted by atomic mass is 10.0. The first-order valence-corrected chi connectivity index (χ1v) is 9.99. The van der Waals surface area contributed by atoms with Gasteiger partial charge in [0.05, 0.1) is 18.6 Å². The molecule has 9 nitrogen and oxygen atoms in total. The SMILES string of the molecule is O=C(Cc1ccccn1)N1CC[C@H](O)[C@@H]1Cc1cccnc1.O=C(O)C(F)(F)F.O=C(O)C(F)(F)F. The molecule has 1 fully saturated rings. The zero-order chi connectivity index (χ0) is 27.5. The van der Waals surface area contributed by atoms with Crippen LogP contribution in [0.25, 0.3) is 0 Å². The number of rotatable bonds is 4. The van der Waals surface area contributed by atoms with E-state index in [1.165, 1.54) is 0 Å². The maximum atomic E-state index is 12.5. The number of aromatic nitrogens is 2. The van der Waals surface area contributed by atoms with Gasteiger partial charge >= 0.3 is 24.3 Å². The summed E-state index contributed by atoms with van der Waals surface area (Å²) < 4.78 is 63.5. The highest BCUT2D eigenvalue weighted by Gasteiger charge is 2.39. The van der Waals surface area contributed by atoms with Crippen molar-refractivity contribution >= 4 is 17.8 Å². The summed E-state index contributed by atoms with van der Waals surface area (Å²) in [7, 11) is 0. The van der Waals surface area contributed by atoms with Crippen molar-refractivity contribution in [3.05, 3.63) is 60.2 Å². The molecule has 0 radical (unpaired) electrons. The van der Waals surface area contributed by atoms with E-state index in [4.69, 9.17) is 19.8 Å². The molecule has 0 unspecified atom stereocenters. The maximum absolute atomic E-state index is 12.5. The number of nitrogens with zero attached hydrogens (tertiary/aromatic N) is 3. The Morgan fingerprint density at radius 1 is 0.944 bits per heavy atom. The summed E-state index contributed by atoms with van der Waals surface area (Å²) >= 11 is 0. The molecule has 3 N–H and O–H groups in total. The fourth-order valence-electron chi connectivity index (χ4n) is 2.91. The molecule has 15 heteroatoms. The second-order valence-electron chi connectivity index (χ2n) is 7.18. The van der Waals surface area contributed by atoms with E-state index in [0.717, 1.165) is 11.3 Å². The number of likely N-dealkylation sites (tertiary alicyclic amines) is 1. The van der Waals surface area contributed by atoms with Gasteiger partial charge < -0.3 is 20.2 Å². The molecule has 1 amide bonds. The van der Waals surface area contributed by atoms with Crippen LogP contribution in [0.2, 0.25) is 0 Å². The van der Waals surface area contributed by atoms with Crippen molar-refractivity contribution in [1.82, 2.24) is 14.9 Å². The van der Waals surface area contributed by atoms with Crippen LogP contribution in [0.1, 0.15) is 17.7 Å². The van der Waals surface area contributed by atoms with Gasteiger partial charge in [-0.2, -0.15) is 26.3 Å². The Morgan fingerprint density at radius 2 is 1.53 bits per heavy atom. The molecule has 0 bridgehead atoms. The van der Waals surface area contributed by atoms with Crippen LogP contribution in [0.15, 0.2) is 48.9 Å². The fraction of sp³-hybridized carbons (Fsp3) is 0.381. The lowest BCUT2D eigenvalue weighted by molar-refractivity contribution is -0.193. The van der Waals surface area contributed by atoms with Crippen molar-refractivity contribution in [3.63, 3.8) is 0 Å². The second-order valence-corrected chi connectivity index (χ2v) is 7.18. The quantitative estimate of drug-likeness (QED) is 0.518. The molecule has 0 spiro atoms. The number of alkyl halides is 6. The van der Waals surface area contributed by atoms with Crippen molar-refractivity contribution in [2.75, 3.05) is 6.54 Å². The topological polar surface area (TPSA) is 141 Å². The lowest BCUT2D eigenvalue weighted by Crippen LogP contribution is -2.41. The zero-order valence-corrected chi connectivity index (χ0v) is 18.3. The smallest absolute Gasteiger partial charge is 0.475 e. The molecule has 36 heavy (non-hydrogen) atoms. The monoisotopic (exact) mass is 525 g/mol. The van der Waals surface area contributed by atoms with Gasteiger partial charge in [-0.05, 0) is 36.6 Å². The average molecular weight is 525 g/mol. The number of pyridine rings is 2. The third kappa shape index (κ3) is 10.7. The molecular formula is C21H21F6N3O6. The number of carboxylic acid groups (broad SMARTS) is 2. The van der Waals surface area contributed by atoms with Crippen LogP contribution < -0.4 is 0 Å². The fourth-order valence-corrected chi connectivity index (χ4v) is 2.91. The van der Waals surface area contributed by atoms with Crippen LogP contribution >= 0.6 is 0 Å². The number of aliphatic carboxylic acids is 2. The number of carbonyl (C=O) groups excluding carboxylic acids is 1. The number of hydrogen-bond acceptors (Lipinski definition) is 6.